The molecule has 1 saturated heterocycles. The van der Waals surface area contributed by atoms with Gasteiger partial charge in [-0.05, 0) is 33.2 Å². The molecule has 1 fully saturated rings. The summed E-state index contributed by atoms with van der Waals surface area (Å²) in [6.07, 6.45) is 2.73. The van der Waals surface area contributed by atoms with Gasteiger partial charge in [0, 0.05) is 19.6 Å². The molecule has 0 radical (unpaired) electrons. The van der Waals surface area contributed by atoms with E-state index >= 15 is 0 Å². The monoisotopic (exact) mass is 214 g/mol. The molecule has 0 bridgehead atoms. The zero-order chi connectivity index (χ0) is 11.3. The van der Waals surface area contributed by atoms with Gasteiger partial charge in [0.15, 0.2) is 0 Å². The number of rotatable bonds is 5. The van der Waals surface area contributed by atoms with Crippen LogP contribution in [0.1, 0.15) is 26.2 Å². The Balaban J connectivity index is 2.18. The predicted octanol–water partition coefficient (Wildman–Crippen LogP) is 0.311. The molecule has 1 aliphatic heterocycles. The minimum Gasteiger partial charge on any atom is -0.393 e. The van der Waals surface area contributed by atoms with Gasteiger partial charge in [0.2, 0.25) is 5.91 Å². The fraction of sp³-hybridized carbons (Fsp3) is 0.909. The molecule has 1 aliphatic rings. The minimum absolute atomic E-state index is 0.223. The van der Waals surface area contributed by atoms with Crippen LogP contribution in [0.4, 0.5) is 0 Å². The quantitative estimate of drug-likeness (QED) is 0.716. The summed E-state index contributed by atoms with van der Waals surface area (Å²) in [4.78, 5) is 15.6. The molecule has 0 aromatic heterocycles. The van der Waals surface area contributed by atoms with E-state index in [0.717, 1.165) is 38.9 Å². The first-order chi connectivity index (χ1) is 7.09. The number of amides is 1. The van der Waals surface area contributed by atoms with Crippen LogP contribution in [0.3, 0.4) is 0 Å². The number of carbonyl (C=O) groups is 1. The normalized spacial score (nSPS) is 18.5. The zero-order valence-corrected chi connectivity index (χ0v) is 9.78. The van der Waals surface area contributed by atoms with E-state index in [1.165, 1.54) is 0 Å². The van der Waals surface area contributed by atoms with Gasteiger partial charge in [-0.2, -0.15) is 0 Å². The third kappa shape index (κ3) is 4.62. The molecule has 0 aliphatic carbocycles. The summed E-state index contributed by atoms with van der Waals surface area (Å²) in [7, 11) is 1.93. The molecule has 4 nitrogen and oxygen atoms in total. The third-order valence-electron chi connectivity index (χ3n) is 2.79. The van der Waals surface area contributed by atoms with Crippen molar-refractivity contribution >= 4 is 5.91 Å². The summed E-state index contributed by atoms with van der Waals surface area (Å²) in [5.74, 6) is 0.223. The maximum Gasteiger partial charge on any atom is 0.236 e. The van der Waals surface area contributed by atoms with Gasteiger partial charge in [0.1, 0.15) is 0 Å². The molecule has 1 unspecified atom stereocenters. The molecule has 1 atom stereocenters. The van der Waals surface area contributed by atoms with Gasteiger partial charge in [0.05, 0.1) is 12.6 Å². The average Bonchev–Trinajstić information content (AvgIpc) is 2.67. The number of likely N-dealkylation sites (N-methyl/N-ethyl adjacent to an activating group) is 1. The van der Waals surface area contributed by atoms with E-state index in [2.05, 4.69) is 0 Å². The van der Waals surface area contributed by atoms with Crippen molar-refractivity contribution in [1.82, 2.24) is 9.80 Å². The molecular weight excluding hydrogens is 192 g/mol. The molecular formula is C11H22N2O2. The standard InChI is InChI=1S/C11H22N2O2/c1-10(14)5-8-12(2)9-11(15)13-6-3-4-7-13/h10,14H,3-9H2,1-2H3. The summed E-state index contributed by atoms with van der Waals surface area (Å²) < 4.78 is 0. The van der Waals surface area contributed by atoms with Crippen LogP contribution >= 0.6 is 0 Å². The number of likely N-dealkylation sites (tertiary alicyclic amines) is 1. The molecule has 1 heterocycles. The summed E-state index contributed by atoms with van der Waals surface area (Å²) >= 11 is 0. The number of carbonyl (C=O) groups excluding carboxylic acids is 1. The zero-order valence-electron chi connectivity index (χ0n) is 9.78. The minimum atomic E-state index is -0.283. The molecule has 1 rings (SSSR count). The van der Waals surface area contributed by atoms with Gasteiger partial charge < -0.3 is 10.0 Å². The van der Waals surface area contributed by atoms with E-state index in [4.69, 9.17) is 5.11 Å². The van der Waals surface area contributed by atoms with Gasteiger partial charge in [-0.15, -0.1) is 0 Å². The SMILES string of the molecule is CC(O)CCN(C)CC(=O)N1CCCC1. The summed E-state index contributed by atoms with van der Waals surface area (Å²) in [5.41, 5.74) is 0. The van der Waals surface area contributed by atoms with E-state index in [1.807, 2.05) is 16.8 Å². The summed E-state index contributed by atoms with van der Waals surface area (Å²) in [5, 5.41) is 9.12. The van der Waals surface area contributed by atoms with Crippen molar-refractivity contribution in [2.45, 2.75) is 32.3 Å². The first-order valence-electron chi connectivity index (χ1n) is 5.74. The Morgan fingerprint density at radius 3 is 2.60 bits per heavy atom. The Bertz CT molecular complexity index is 201. The van der Waals surface area contributed by atoms with Crippen molar-refractivity contribution in [2.75, 3.05) is 33.2 Å². The smallest absolute Gasteiger partial charge is 0.236 e. The van der Waals surface area contributed by atoms with Crippen molar-refractivity contribution < 1.29 is 9.90 Å². The first kappa shape index (κ1) is 12.5. The molecule has 0 aromatic rings. The van der Waals surface area contributed by atoms with Crippen molar-refractivity contribution in [3.8, 4) is 0 Å². The molecule has 15 heavy (non-hydrogen) atoms. The second-order valence-corrected chi connectivity index (χ2v) is 4.46. The fourth-order valence-electron chi connectivity index (χ4n) is 1.78. The lowest BCUT2D eigenvalue weighted by atomic mass is 10.3. The molecule has 0 saturated carbocycles. The number of aliphatic hydroxyl groups excluding tert-OH is 1. The van der Waals surface area contributed by atoms with Crippen LogP contribution in [0.2, 0.25) is 0 Å². The summed E-state index contributed by atoms with van der Waals surface area (Å²) in [6, 6.07) is 0. The number of hydrogen-bond acceptors (Lipinski definition) is 3. The predicted molar refractivity (Wildman–Crippen MR) is 59.6 cm³/mol. The Morgan fingerprint density at radius 2 is 2.07 bits per heavy atom. The van der Waals surface area contributed by atoms with E-state index in [1.54, 1.807) is 6.92 Å². The highest BCUT2D eigenvalue weighted by atomic mass is 16.3. The Morgan fingerprint density at radius 1 is 1.47 bits per heavy atom. The van der Waals surface area contributed by atoms with Crippen molar-refractivity contribution in [3.05, 3.63) is 0 Å². The second-order valence-electron chi connectivity index (χ2n) is 4.46. The molecule has 0 aromatic carbocycles. The maximum atomic E-state index is 11.7. The fourth-order valence-corrected chi connectivity index (χ4v) is 1.78. The third-order valence-corrected chi connectivity index (χ3v) is 2.79. The van der Waals surface area contributed by atoms with Crippen LogP contribution in [0.15, 0.2) is 0 Å². The highest BCUT2D eigenvalue weighted by Crippen LogP contribution is 2.07. The lowest BCUT2D eigenvalue weighted by Gasteiger charge is -2.21. The number of nitrogens with zero attached hydrogens (tertiary/aromatic N) is 2. The maximum absolute atomic E-state index is 11.7. The van der Waals surface area contributed by atoms with Crippen LogP contribution in [0, 0.1) is 0 Å². The topological polar surface area (TPSA) is 43.8 Å². The highest BCUT2D eigenvalue weighted by Gasteiger charge is 2.18. The van der Waals surface area contributed by atoms with Gasteiger partial charge in [-0.1, -0.05) is 0 Å². The van der Waals surface area contributed by atoms with Crippen LogP contribution in [0.25, 0.3) is 0 Å². The Kier molecular flexibility index (Phi) is 5.05. The van der Waals surface area contributed by atoms with Crippen LogP contribution in [0.5, 0.6) is 0 Å². The molecule has 1 N–H and O–H groups in total. The second kappa shape index (κ2) is 6.08. The molecule has 0 spiro atoms. The Labute approximate surface area is 91.9 Å². The molecule has 88 valence electrons. The lowest BCUT2D eigenvalue weighted by Crippen LogP contribution is -2.38. The van der Waals surface area contributed by atoms with Crippen molar-refractivity contribution in [1.29, 1.82) is 0 Å². The Hall–Kier alpha value is -0.610. The first-order valence-corrected chi connectivity index (χ1v) is 5.74. The van der Waals surface area contributed by atoms with Crippen LogP contribution < -0.4 is 0 Å². The lowest BCUT2D eigenvalue weighted by molar-refractivity contribution is -0.131. The molecule has 1 amide bonds. The van der Waals surface area contributed by atoms with Crippen molar-refractivity contribution in [3.63, 3.8) is 0 Å². The van der Waals surface area contributed by atoms with E-state index < -0.39 is 0 Å². The molecule has 4 heteroatoms. The largest absolute Gasteiger partial charge is 0.393 e. The van der Waals surface area contributed by atoms with Crippen LogP contribution in [-0.2, 0) is 4.79 Å². The van der Waals surface area contributed by atoms with Gasteiger partial charge >= 0.3 is 0 Å². The van der Waals surface area contributed by atoms with E-state index in [0.29, 0.717) is 6.54 Å². The van der Waals surface area contributed by atoms with Gasteiger partial charge in [-0.25, -0.2) is 0 Å². The number of hydrogen-bond donors (Lipinski definition) is 1. The highest BCUT2D eigenvalue weighted by molar-refractivity contribution is 5.78. The van der Waals surface area contributed by atoms with Crippen molar-refractivity contribution in [2.24, 2.45) is 0 Å². The van der Waals surface area contributed by atoms with E-state index in [-0.39, 0.29) is 12.0 Å². The number of aliphatic hydroxyl groups is 1. The van der Waals surface area contributed by atoms with E-state index in [9.17, 15) is 4.79 Å². The van der Waals surface area contributed by atoms with Crippen LogP contribution in [-0.4, -0.2) is 60.1 Å². The van der Waals surface area contributed by atoms with Gasteiger partial charge in [-0.3, -0.25) is 9.69 Å². The average molecular weight is 214 g/mol. The van der Waals surface area contributed by atoms with Gasteiger partial charge in [0.25, 0.3) is 0 Å². The summed E-state index contributed by atoms with van der Waals surface area (Å²) in [6.45, 7) is 4.87.